The molecule has 162 valence electrons. The Kier molecular flexibility index (Phi) is 4.93. The number of carbonyl (C=O) groups excluding carboxylic acids is 1. The fraction of sp³-hybridized carbons (Fsp3) is 0.182. The number of hydrogen-bond donors (Lipinski definition) is 1. The van der Waals surface area contributed by atoms with Crippen LogP contribution in [0, 0.1) is 5.82 Å². The molecule has 1 atom stereocenters. The van der Waals surface area contributed by atoms with E-state index in [1.807, 2.05) is 0 Å². The van der Waals surface area contributed by atoms with Crippen LogP contribution in [0.15, 0.2) is 61.2 Å². The largest absolute Gasteiger partial charge is 0.348 e. The van der Waals surface area contributed by atoms with Crippen LogP contribution >= 0.6 is 0 Å². The summed E-state index contributed by atoms with van der Waals surface area (Å²) in [6, 6.07) is 10.6. The summed E-state index contributed by atoms with van der Waals surface area (Å²) in [6.07, 6.45) is 5.12. The van der Waals surface area contributed by atoms with Crippen molar-refractivity contribution in [1.82, 2.24) is 25.1 Å². The number of carbonyl (C=O) groups is 1. The highest BCUT2D eigenvalue weighted by Gasteiger charge is 2.29. The molecule has 1 aliphatic heterocycles. The normalized spacial score (nSPS) is 17.5. The van der Waals surface area contributed by atoms with E-state index in [0.29, 0.717) is 34.4 Å². The van der Waals surface area contributed by atoms with Gasteiger partial charge < -0.3 is 5.32 Å². The van der Waals surface area contributed by atoms with Gasteiger partial charge in [-0.1, -0.05) is 0 Å². The molecule has 1 amide bonds. The van der Waals surface area contributed by atoms with Crippen LogP contribution in [0.4, 0.5) is 4.39 Å². The van der Waals surface area contributed by atoms with Crippen molar-refractivity contribution in [2.24, 2.45) is 0 Å². The molecule has 5 rings (SSSR count). The van der Waals surface area contributed by atoms with Crippen molar-refractivity contribution in [3.63, 3.8) is 0 Å². The molecule has 3 heterocycles. The van der Waals surface area contributed by atoms with Crippen LogP contribution in [0.5, 0.6) is 0 Å². The molecule has 1 saturated heterocycles. The van der Waals surface area contributed by atoms with Gasteiger partial charge in [0.25, 0.3) is 5.91 Å². The first-order chi connectivity index (χ1) is 15.4. The third-order valence-corrected chi connectivity index (χ3v) is 7.18. The SMILES string of the molecule is O=C(NC1CCS(=O)(=O)C1)c1ccc2c(-c3cncnc3)nn(-c3ccc(F)cc3)c2c1. The van der Waals surface area contributed by atoms with Crippen LogP contribution in [0.1, 0.15) is 16.8 Å². The van der Waals surface area contributed by atoms with Gasteiger partial charge in [-0.2, -0.15) is 5.10 Å². The summed E-state index contributed by atoms with van der Waals surface area (Å²) in [5.41, 5.74) is 2.97. The van der Waals surface area contributed by atoms with Gasteiger partial charge in [0.2, 0.25) is 0 Å². The summed E-state index contributed by atoms with van der Waals surface area (Å²) in [7, 11) is -3.10. The lowest BCUT2D eigenvalue weighted by Crippen LogP contribution is -2.35. The molecule has 0 aliphatic carbocycles. The molecule has 2 aromatic heterocycles. The summed E-state index contributed by atoms with van der Waals surface area (Å²) < 4.78 is 38.5. The fourth-order valence-corrected chi connectivity index (χ4v) is 5.52. The van der Waals surface area contributed by atoms with E-state index in [1.54, 1.807) is 47.4 Å². The van der Waals surface area contributed by atoms with Crippen LogP contribution in [0.25, 0.3) is 27.8 Å². The molecule has 1 N–H and O–H groups in total. The molecule has 1 fully saturated rings. The number of amides is 1. The van der Waals surface area contributed by atoms with Gasteiger partial charge in [0.15, 0.2) is 9.84 Å². The number of sulfone groups is 1. The first-order valence-electron chi connectivity index (χ1n) is 9.95. The Morgan fingerprint density at radius 1 is 1.09 bits per heavy atom. The summed E-state index contributed by atoms with van der Waals surface area (Å²) in [5.74, 6) is -0.692. The molecule has 10 heteroatoms. The van der Waals surface area contributed by atoms with Gasteiger partial charge in [-0.25, -0.2) is 27.5 Å². The highest BCUT2D eigenvalue weighted by molar-refractivity contribution is 7.91. The number of hydrogen-bond acceptors (Lipinski definition) is 6. The first-order valence-corrected chi connectivity index (χ1v) is 11.8. The van der Waals surface area contributed by atoms with Crippen molar-refractivity contribution in [2.75, 3.05) is 11.5 Å². The molecule has 2 aromatic carbocycles. The van der Waals surface area contributed by atoms with E-state index < -0.39 is 15.9 Å². The zero-order chi connectivity index (χ0) is 22.3. The molecular weight excluding hydrogens is 433 g/mol. The highest BCUT2D eigenvalue weighted by atomic mass is 32.2. The lowest BCUT2D eigenvalue weighted by atomic mass is 10.1. The number of benzene rings is 2. The predicted octanol–water partition coefficient (Wildman–Crippen LogP) is 2.54. The van der Waals surface area contributed by atoms with Crippen molar-refractivity contribution in [3.8, 4) is 16.9 Å². The van der Waals surface area contributed by atoms with E-state index in [0.717, 1.165) is 5.39 Å². The quantitative estimate of drug-likeness (QED) is 0.511. The number of nitrogens with one attached hydrogen (secondary N) is 1. The van der Waals surface area contributed by atoms with Crippen molar-refractivity contribution >= 4 is 26.6 Å². The second-order valence-electron chi connectivity index (χ2n) is 7.67. The third kappa shape index (κ3) is 3.84. The number of nitrogens with zero attached hydrogens (tertiary/aromatic N) is 4. The fourth-order valence-electron chi connectivity index (χ4n) is 3.85. The molecule has 1 aliphatic rings. The molecule has 4 aromatic rings. The van der Waals surface area contributed by atoms with Gasteiger partial charge in [-0.15, -0.1) is 0 Å². The standard InChI is InChI=1S/C22H18FN5O3S/c23-16-2-4-18(5-3-16)28-20-9-14(22(29)26-17-7-8-32(30,31)12-17)1-6-19(20)21(27-28)15-10-24-13-25-11-15/h1-6,9-11,13,17H,7-8,12H2,(H,26,29). The minimum atomic E-state index is -3.10. The minimum absolute atomic E-state index is 0.0490. The van der Waals surface area contributed by atoms with Crippen molar-refractivity contribution < 1.29 is 17.6 Å². The Bertz CT molecular complexity index is 1420. The van der Waals surface area contributed by atoms with Gasteiger partial charge in [-0.05, 0) is 48.9 Å². The maximum Gasteiger partial charge on any atom is 0.251 e. The zero-order valence-corrected chi connectivity index (χ0v) is 17.6. The minimum Gasteiger partial charge on any atom is -0.348 e. The van der Waals surface area contributed by atoms with E-state index in [1.165, 1.54) is 18.5 Å². The summed E-state index contributed by atoms with van der Waals surface area (Å²) in [5, 5.41) is 8.26. The van der Waals surface area contributed by atoms with E-state index in [-0.39, 0.29) is 23.2 Å². The molecular formula is C22H18FN5O3S. The number of aromatic nitrogens is 4. The van der Waals surface area contributed by atoms with Crippen LogP contribution < -0.4 is 5.32 Å². The van der Waals surface area contributed by atoms with Gasteiger partial charge in [-0.3, -0.25) is 4.79 Å². The molecule has 32 heavy (non-hydrogen) atoms. The topological polar surface area (TPSA) is 107 Å². The average Bonchev–Trinajstić information content (AvgIpc) is 3.34. The van der Waals surface area contributed by atoms with Crippen molar-refractivity contribution in [1.29, 1.82) is 0 Å². The van der Waals surface area contributed by atoms with Gasteiger partial charge >= 0.3 is 0 Å². The van der Waals surface area contributed by atoms with E-state index in [9.17, 15) is 17.6 Å². The van der Waals surface area contributed by atoms with Gasteiger partial charge in [0.05, 0.1) is 22.7 Å². The maximum atomic E-state index is 13.5. The zero-order valence-electron chi connectivity index (χ0n) is 16.8. The molecule has 0 radical (unpaired) electrons. The van der Waals surface area contributed by atoms with Crippen molar-refractivity contribution in [2.45, 2.75) is 12.5 Å². The number of halogens is 1. The summed E-state index contributed by atoms with van der Waals surface area (Å²) in [6.45, 7) is 0. The Morgan fingerprint density at radius 3 is 2.53 bits per heavy atom. The van der Waals surface area contributed by atoms with Crippen LogP contribution in [0.3, 0.4) is 0 Å². The van der Waals surface area contributed by atoms with Crippen LogP contribution in [-0.4, -0.2) is 51.6 Å². The smallest absolute Gasteiger partial charge is 0.251 e. The maximum absolute atomic E-state index is 13.5. The third-order valence-electron chi connectivity index (χ3n) is 5.42. The molecule has 0 spiro atoms. The van der Waals surface area contributed by atoms with Crippen molar-refractivity contribution in [3.05, 3.63) is 72.6 Å². The van der Waals surface area contributed by atoms with E-state index in [2.05, 4.69) is 20.4 Å². The van der Waals surface area contributed by atoms with Gasteiger partial charge in [0.1, 0.15) is 17.8 Å². The lowest BCUT2D eigenvalue weighted by Gasteiger charge is -2.11. The second-order valence-corrected chi connectivity index (χ2v) is 9.90. The van der Waals surface area contributed by atoms with Gasteiger partial charge in [0, 0.05) is 34.9 Å². The Hall–Kier alpha value is -3.66. The number of fused-ring (bicyclic) bond motifs is 1. The Balaban J connectivity index is 1.58. The second kappa shape index (κ2) is 7.79. The molecule has 8 nitrogen and oxygen atoms in total. The Morgan fingerprint density at radius 2 is 1.84 bits per heavy atom. The van der Waals surface area contributed by atoms with E-state index >= 15 is 0 Å². The monoisotopic (exact) mass is 451 g/mol. The summed E-state index contributed by atoms with van der Waals surface area (Å²) >= 11 is 0. The van der Waals surface area contributed by atoms with E-state index in [4.69, 9.17) is 0 Å². The predicted molar refractivity (Wildman–Crippen MR) is 117 cm³/mol. The Labute approximate surface area is 183 Å². The molecule has 0 bridgehead atoms. The van der Waals surface area contributed by atoms with Crippen LogP contribution in [0.2, 0.25) is 0 Å². The highest BCUT2D eigenvalue weighted by Crippen LogP contribution is 2.30. The summed E-state index contributed by atoms with van der Waals surface area (Å²) in [4.78, 5) is 20.9. The molecule has 1 unspecified atom stereocenters. The first kappa shape index (κ1) is 20.3. The number of rotatable bonds is 4. The molecule has 0 saturated carbocycles. The average molecular weight is 451 g/mol. The van der Waals surface area contributed by atoms with Crippen LogP contribution in [-0.2, 0) is 9.84 Å². The lowest BCUT2D eigenvalue weighted by molar-refractivity contribution is 0.0941.